The summed E-state index contributed by atoms with van der Waals surface area (Å²) in [5.41, 5.74) is 2.20. The first-order valence-corrected chi connectivity index (χ1v) is 6.77. The Labute approximate surface area is 118 Å². The highest BCUT2D eigenvalue weighted by molar-refractivity contribution is 5.95. The zero-order valence-electron chi connectivity index (χ0n) is 12.0. The predicted molar refractivity (Wildman–Crippen MR) is 75.2 cm³/mol. The van der Waals surface area contributed by atoms with Gasteiger partial charge in [0.15, 0.2) is 0 Å². The summed E-state index contributed by atoms with van der Waals surface area (Å²) in [6.07, 6.45) is 6.10. The van der Waals surface area contributed by atoms with Crippen molar-refractivity contribution in [2.24, 2.45) is 0 Å². The lowest BCUT2D eigenvalue weighted by molar-refractivity contribution is 0.0934. The molecule has 0 saturated heterocycles. The van der Waals surface area contributed by atoms with Crippen LogP contribution in [-0.4, -0.2) is 25.9 Å². The van der Waals surface area contributed by atoms with Crippen molar-refractivity contribution >= 4 is 5.91 Å². The molecule has 1 N–H and O–H groups in total. The molecule has 0 spiro atoms. The van der Waals surface area contributed by atoms with Crippen molar-refractivity contribution in [3.63, 3.8) is 0 Å². The molecule has 106 valence electrons. The second-order valence-corrected chi connectivity index (χ2v) is 4.59. The second kappa shape index (κ2) is 6.27. The Kier molecular flexibility index (Phi) is 4.45. The topological polar surface area (TPSA) is 72.7 Å². The number of aromatic nitrogens is 4. The maximum atomic E-state index is 12.3. The molecule has 0 radical (unpaired) electrons. The fourth-order valence-corrected chi connectivity index (χ4v) is 2.03. The zero-order valence-corrected chi connectivity index (χ0v) is 12.0. The lowest BCUT2D eigenvalue weighted by Gasteiger charge is -2.15. The Bertz CT molecular complexity index is 593. The molecule has 1 amide bonds. The van der Waals surface area contributed by atoms with Crippen molar-refractivity contribution in [2.75, 3.05) is 0 Å². The van der Waals surface area contributed by atoms with Crippen LogP contribution in [0, 0.1) is 6.92 Å². The standard InChI is InChI=1S/C14H19N5O/c1-4-13(11-8-16-19(5-2)9-11)17-14(20)12-6-7-15-18-10(12)3/h6-9,13H,4-5H2,1-3H3,(H,17,20)/t13-/m1/s1. The summed E-state index contributed by atoms with van der Waals surface area (Å²) in [5.74, 6) is -0.131. The summed E-state index contributed by atoms with van der Waals surface area (Å²) in [6, 6.07) is 1.63. The Morgan fingerprint density at radius 2 is 2.25 bits per heavy atom. The molecule has 0 aliphatic carbocycles. The van der Waals surface area contributed by atoms with E-state index in [1.54, 1.807) is 19.2 Å². The van der Waals surface area contributed by atoms with Crippen molar-refractivity contribution in [1.82, 2.24) is 25.3 Å². The van der Waals surface area contributed by atoms with E-state index < -0.39 is 0 Å². The van der Waals surface area contributed by atoms with Crippen molar-refractivity contribution in [2.45, 2.75) is 39.8 Å². The fraction of sp³-hybridized carbons (Fsp3) is 0.429. The highest BCUT2D eigenvalue weighted by Gasteiger charge is 2.17. The minimum absolute atomic E-state index is 0.0460. The molecule has 20 heavy (non-hydrogen) atoms. The number of carbonyl (C=O) groups excluding carboxylic acids is 1. The third-order valence-electron chi connectivity index (χ3n) is 3.24. The first kappa shape index (κ1) is 14.2. The summed E-state index contributed by atoms with van der Waals surface area (Å²) in [4.78, 5) is 12.3. The molecular weight excluding hydrogens is 254 g/mol. The van der Waals surface area contributed by atoms with Gasteiger partial charge in [0.1, 0.15) is 0 Å². The number of amides is 1. The second-order valence-electron chi connectivity index (χ2n) is 4.59. The van der Waals surface area contributed by atoms with Crippen LogP contribution >= 0.6 is 0 Å². The first-order valence-electron chi connectivity index (χ1n) is 6.77. The summed E-state index contributed by atoms with van der Waals surface area (Å²) in [5, 5.41) is 14.9. The summed E-state index contributed by atoms with van der Waals surface area (Å²) in [7, 11) is 0. The van der Waals surface area contributed by atoms with Crippen LogP contribution in [0.1, 0.15) is 47.9 Å². The lowest BCUT2D eigenvalue weighted by atomic mass is 10.1. The maximum Gasteiger partial charge on any atom is 0.253 e. The minimum Gasteiger partial charge on any atom is -0.345 e. The van der Waals surface area contributed by atoms with Gasteiger partial charge in [-0.1, -0.05) is 6.92 Å². The quantitative estimate of drug-likeness (QED) is 0.902. The first-order chi connectivity index (χ1) is 9.65. The van der Waals surface area contributed by atoms with E-state index in [0.29, 0.717) is 11.3 Å². The summed E-state index contributed by atoms with van der Waals surface area (Å²) in [6.45, 7) is 6.66. The highest BCUT2D eigenvalue weighted by Crippen LogP contribution is 2.17. The molecule has 0 unspecified atom stereocenters. The number of carbonyl (C=O) groups is 1. The van der Waals surface area contributed by atoms with E-state index in [0.717, 1.165) is 18.5 Å². The van der Waals surface area contributed by atoms with E-state index in [1.165, 1.54) is 6.20 Å². The van der Waals surface area contributed by atoms with Gasteiger partial charge in [-0.25, -0.2) is 0 Å². The van der Waals surface area contributed by atoms with E-state index in [4.69, 9.17) is 0 Å². The van der Waals surface area contributed by atoms with Crippen LogP contribution in [0.4, 0.5) is 0 Å². The third-order valence-corrected chi connectivity index (χ3v) is 3.24. The van der Waals surface area contributed by atoms with Crippen LogP contribution in [0.15, 0.2) is 24.7 Å². The van der Waals surface area contributed by atoms with E-state index >= 15 is 0 Å². The average molecular weight is 273 g/mol. The van der Waals surface area contributed by atoms with Crippen LogP contribution in [0.2, 0.25) is 0 Å². The van der Waals surface area contributed by atoms with Crippen LogP contribution in [0.3, 0.4) is 0 Å². The molecule has 0 saturated carbocycles. The molecule has 0 fully saturated rings. The third kappa shape index (κ3) is 3.01. The van der Waals surface area contributed by atoms with Crippen molar-refractivity contribution in [3.8, 4) is 0 Å². The van der Waals surface area contributed by atoms with Gasteiger partial charge in [-0.3, -0.25) is 9.48 Å². The van der Waals surface area contributed by atoms with E-state index in [2.05, 4.69) is 20.6 Å². The number of nitrogens with one attached hydrogen (secondary N) is 1. The minimum atomic E-state index is -0.131. The largest absolute Gasteiger partial charge is 0.345 e. The molecule has 1 atom stereocenters. The molecular formula is C14H19N5O. The molecule has 6 heteroatoms. The molecule has 0 aliphatic rings. The van der Waals surface area contributed by atoms with Gasteiger partial charge in [0.25, 0.3) is 5.91 Å². The van der Waals surface area contributed by atoms with Crippen molar-refractivity contribution < 1.29 is 4.79 Å². The van der Waals surface area contributed by atoms with Gasteiger partial charge in [-0.2, -0.15) is 15.3 Å². The average Bonchev–Trinajstić information content (AvgIpc) is 2.93. The van der Waals surface area contributed by atoms with Crippen LogP contribution in [-0.2, 0) is 6.54 Å². The van der Waals surface area contributed by atoms with E-state index in [1.807, 2.05) is 24.7 Å². The van der Waals surface area contributed by atoms with Crippen LogP contribution in [0.25, 0.3) is 0 Å². The number of hydrogen-bond donors (Lipinski definition) is 1. The number of hydrogen-bond acceptors (Lipinski definition) is 4. The normalized spacial score (nSPS) is 12.2. The van der Waals surface area contributed by atoms with Gasteiger partial charge in [-0.05, 0) is 26.3 Å². The van der Waals surface area contributed by atoms with E-state index in [-0.39, 0.29) is 11.9 Å². The van der Waals surface area contributed by atoms with Gasteiger partial charge >= 0.3 is 0 Å². The SMILES string of the molecule is CC[C@@H](NC(=O)c1ccnnc1C)c1cnn(CC)c1. The Morgan fingerprint density at radius 3 is 2.85 bits per heavy atom. The molecule has 6 nitrogen and oxygen atoms in total. The molecule has 0 aliphatic heterocycles. The molecule has 2 aromatic heterocycles. The lowest BCUT2D eigenvalue weighted by Crippen LogP contribution is -2.28. The Hall–Kier alpha value is -2.24. The predicted octanol–water partition coefficient (Wildman–Crippen LogP) is 1.88. The fourth-order valence-electron chi connectivity index (χ4n) is 2.03. The number of rotatable bonds is 5. The van der Waals surface area contributed by atoms with Crippen LogP contribution in [0.5, 0.6) is 0 Å². The van der Waals surface area contributed by atoms with Gasteiger partial charge in [0.05, 0.1) is 29.7 Å². The zero-order chi connectivity index (χ0) is 14.5. The van der Waals surface area contributed by atoms with Gasteiger partial charge in [-0.15, -0.1) is 0 Å². The maximum absolute atomic E-state index is 12.3. The Balaban J connectivity index is 2.14. The van der Waals surface area contributed by atoms with Gasteiger partial charge in [0.2, 0.25) is 0 Å². The van der Waals surface area contributed by atoms with E-state index in [9.17, 15) is 4.79 Å². The number of aryl methyl sites for hydroxylation is 2. The van der Waals surface area contributed by atoms with Gasteiger partial charge in [0, 0.05) is 18.3 Å². The molecule has 2 aromatic rings. The monoisotopic (exact) mass is 273 g/mol. The summed E-state index contributed by atoms with van der Waals surface area (Å²) < 4.78 is 1.85. The van der Waals surface area contributed by atoms with Crippen LogP contribution < -0.4 is 5.32 Å². The molecule has 0 bridgehead atoms. The molecule has 2 rings (SSSR count). The van der Waals surface area contributed by atoms with Gasteiger partial charge < -0.3 is 5.32 Å². The molecule has 2 heterocycles. The molecule has 0 aromatic carbocycles. The van der Waals surface area contributed by atoms with Crippen molar-refractivity contribution in [3.05, 3.63) is 41.5 Å². The smallest absolute Gasteiger partial charge is 0.253 e. The highest BCUT2D eigenvalue weighted by atomic mass is 16.1. The summed E-state index contributed by atoms with van der Waals surface area (Å²) >= 11 is 0. The number of nitrogens with zero attached hydrogens (tertiary/aromatic N) is 4. The van der Waals surface area contributed by atoms with Crippen molar-refractivity contribution in [1.29, 1.82) is 0 Å². The Morgan fingerprint density at radius 1 is 1.45 bits per heavy atom.